The Bertz CT molecular complexity index is 428. The van der Waals surface area contributed by atoms with Crippen LogP contribution in [0.2, 0.25) is 0 Å². The molecular formula is C11H11NO3. The highest BCUT2D eigenvalue weighted by Crippen LogP contribution is 2.34. The van der Waals surface area contributed by atoms with E-state index in [0.717, 1.165) is 0 Å². The molecule has 1 heterocycles. The molecule has 0 fully saturated rings. The highest BCUT2D eigenvalue weighted by Gasteiger charge is 2.33. The number of carboxylic acid groups (broad SMARTS) is 1. The van der Waals surface area contributed by atoms with Crippen molar-refractivity contribution in [2.24, 2.45) is 0 Å². The first-order valence-electron chi connectivity index (χ1n) is 4.69. The molecule has 2 rings (SSSR count). The van der Waals surface area contributed by atoms with Crippen molar-refractivity contribution in [3.8, 4) is 0 Å². The third-order valence-electron chi connectivity index (χ3n) is 2.72. The molecule has 0 spiro atoms. The van der Waals surface area contributed by atoms with E-state index >= 15 is 0 Å². The fraction of sp³-hybridized carbons (Fsp3) is 0.273. The van der Waals surface area contributed by atoms with Crippen LogP contribution < -0.4 is 4.90 Å². The fourth-order valence-corrected chi connectivity index (χ4v) is 1.86. The van der Waals surface area contributed by atoms with E-state index in [1.54, 1.807) is 31.3 Å². The van der Waals surface area contributed by atoms with Gasteiger partial charge in [0.25, 0.3) is 0 Å². The second kappa shape index (κ2) is 3.38. The van der Waals surface area contributed by atoms with Gasteiger partial charge in [0.05, 0.1) is 5.92 Å². The predicted octanol–water partition coefficient (Wildman–Crippen LogP) is 1.22. The minimum absolute atomic E-state index is 0.0445. The maximum atomic E-state index is 11.5. The summed E-state index contributed by atoms with van der Waals surface area (Å²) in [4.78, 5) is 24.0. The maximum absolute atomic E-state index is 11.5. The molecule has 1 atom stereocenters. The summed E-state index contributed by atoms with van der Waals surface area (Å²) in [6.45, 7) is 0. The summed E-state index contributed by atoms with van der Waals surface area (Å²) in [6.07, 6.45) is 0.0445. The van der Waals surface area contributed by atoms with E-state index in [-0.39, 0.29) is 12.3 Å². The fourth-order valence-electron chi connectivity index (χ4n) is 1.86. The Balaban J connectivity index is 2.54. The number of hydrogen-bond acceptors (Lipinski definition) is 2. The second-order valence-corrected chi connectivity index (χ2v) is 3.61. The van der Waals surface area contributed by atoms with E-state index in [9.17, 15) is 9.59 Å². The van der Waals surface area contributed by atoms with Gasteiger partial charge in [-0.3, -0.25) is 9.59 Å². The number of carbonyl (C=O) groups excluding carboxylic acids is 1. The lowest BCUT2D eigenvalue weighted by atomic mass is 9.90. The summed E-state index contributed by atoms with van der Waals surface area (Å²) in [5.74, 6) is -1.80. The molecule has 1 amide bonds. The normalized spacial score (nSPS) is 19.9. The van der Waals surface area contributed by atoms with Gasteiger partial charge in [-0.15, -0.1) is 0 Å². The van der Waals surface area contributed by atoms with E-state index in [0.29, 0.717) is 11.3 Å². The van der Waals surface area contributed by atoms with Gasteiger partial charge in [-0.25, -0.2) is 0 Å². The van der Waals surface area contributed by atoms with Gasteiger partial charge >= 0.3 is 5.97 Å². The number of nitrogens with zero attached hydrogens (tertiary/aromatic N) is 1. The number of carbonyl (C=O) groups is 2. The molecule has 1 aliphatic rings. The number of fused-ring (bicyclic) bond motifs is 1. The summed E-state index contributed by atoms with van der Waals surface area (Å²) >= 11 is 0. The number of amides is 1. The number of anilines is 1. The average Bonchev–Trinajstić information content (AvgIpc) is 2.23. The van der Waals surface area contributed by atoms with Crippen molar-refractivity contribution >= 4 is 17.6 Å². The number of hydrogen-bond donors (Lipinski definition) is 1. The average molecular weight is 205 g/mol. The molecule has 1 aromatic carbocycles. The number of para-hydroxylation sites is 1. The molecular weight excluding hydrogens is 194 g/mol. The predicted molar refractivity (Wildman–Crippen MR) is 54.8 cm³/mol. The second-order valence-electron chi connectivity index (χ2n) is 3.61. The van der Waals surface area contributed by atoms with Crippen molar-refractivity contribution in [2.45, 2.75) is 12.3 Å². The summed E-state index contributed by atoms with van der Waals surface area (Å²) in [5.41, 5.74) is 1.41. The third-order valence-corrected chi connectivity index (χ3v) is 2.72. The van der Waals surface area contributed by atoms with Gasteiger partial charge in [0, 0.05) is 19.2 Å². The molecule has 4 heteroatoms. The quantitative estimate of drug-likeness (QED) is 0.750. The highest BCUT2D eigenvalue weighted by molar-refractivity contribution is 6.01. The van der Waals surface area contributed by atoms with E-state index < -0.39 is 11.9 Å². The molecule has 0 bridgehead atoms. The first-order chi connectivity index (χ1) is 7.11. The molecule has 0 aliphatic carbocycles. The van der Waals surface area contributed by atoms with E-state index in [2.05, 4.69) is 0 Å². The zero-order valence-corrected chi connectivity index (χ0v) is 8.30. The van der Waals surface area contributed by atoms with Gasteiger partial charge in [0.1, 0.15) is 0 Å². The van der Waals surface area contributed by atoms with Crippen molar-refractivity contribution in [1.82, 2.24) is 0 Å². The molecule has 15 heavy (non-hydrogen) atoms. The largest absolute Gasteiger partial charge is 0.481 e. The van der Waals surface area contributed by atoms with Gasteiger partial charge in [0.15, 0.2) is 0 Å². The summed E-state index contributed by atoms with van der Waals surface area (Å²) in [6, 6.07) is 7.12. The highest BCUT2D eigenvalue weighted by atomic mass is 16.4. The van der Waals surface area contributed by atoms with Crippen LogP contribution in [0.15, 0.2) is 24.3 Å². The van der Waals surface area contributed by atoms with Crippen LogP contribution in [0.5, 0.6) is 0 Å². The van der Waals surface area contributed by atoms with E-state index in [4.69, 9.17) is 5.11 Å². The summed E-state index contributed by atoms with van der Waals surface area (Å²) < 4.78 is 0. The van der Waals surface area contributed by atoms with Crippen molar-refractivity contribution in [3.63, 3.8) is 0 Å². The lowest BCUT2D eigenvalue weighted by molar-refractivity contribution is -0.140. The maximum Gasteiger partial charge on any atom is 0.311 e. The standard InChI is InChI=1S/C11H11NO3/c1-12-9-5-3-2-4-7(9)8(11(14)15)6-10(12)13/h2-5,8H,6H2,1H3,(H,14,15)/t8-/m1/s1. The van der Waals surface area contributed by atoms with Crippen molar-refractivity contribution in [1.29, 1.82) is 0 Å². The van der Waals surface area contributed by atoms with Gasteiger partial charge in [-0.2, -0.15) is 0 Å². The Morgan fingerprint density at radius 3 is 2.80 bits per heavy atom. The molecule has 4 nitrogen and oxygen atoms in total. The number of aliphatic carboxylic acids is 1. The number of benzene rings is 1. The van der Waals surface area contributed by atoms with Gasteiger partial charge in [-0.05, 0) is 11.6 Å². The number of carboxylic acids is 1. The first kappa shape index (κ1) is 9.71. The van der Waals surface area contributed by atoms with Crippen molar-refractivity contribution < 1.29 is 14.7 Å². The van der Waals surface area contributed by atoms with Crippen LogP contribution in [0.3, 0.4) is 0 Å². The van der Waals surface area contributed by atoms with Crippen molar-refractivity contribution in [3.05, 3.63) is 29.8 Å². The van der Waals surface area contributed by atoms with Gasteiger partial charge in [-0.1, -0.05) is 18.2 Å². The third kappa shape index (κ3) is 1.48. The molecule has 1 aliphatic heterocycles. The first-order valence-corrected chi connectivity index (χ1v) is 4.69. The van der Waals surface area contributed by atoms with E-state index in [1.807, 2.05) is 0 Å². The topological polar surface area (TPSA) is 57.6 Å². The molecule has 0 saturated carbocycles. The Morgan fingerprint density at radius 2 is 2.13 bits per heavy atom. The smallest absolute Gasteiger partial charge is 0.311 e. The Morgan fingerprint density at radius 1 is 1.47 bits per heavy atom. The molecule has 0 aromatic heterocycles. The molecule has 1 N–H and O–H groups in total. The van der Waals surface area contributed by atoms with Crippen LogP contribution in [-0.2, 0) is 9.59 Å². The molecule has 0 radical (unpaired) electrons. The van der Waals surface area contributed by atoms with Crippen LogP contribution in [0.1, 0.15) is 17.9 Å². The summed E-state index contributed by atoms with van der Waals surface area (Å²) in [5, 5.41) is 9.02. The minimum Gasteiger partial charge on any atom is -0.481 e. The molecule has 0 saturated heterocycles. The lowest BCUT2D eigenvalue weighted by Crippen LogP contribution is -2.35. The van der Waals surface area contributed by atoms with Gasteiger partial charge < -0.3 is 10.0 Å². The van der Waals surface area contributed by atoms with E-state index in [1.165, 1.54) is 4.90 Å². The zero-order chi connectivity index (χ0) is 11.0. The van der Waals surface area contributed by atoms with Crippen LogP contribution in [-0.4, -0.2) is 24.0 Å². The Kier molecular flexibility index (Phi) is 2.19. The minimum atomic E-state index is -0.941. The molecule has 0 unspecified atom stereocenters. The van der Waals surface area contributed by atoms with Crippen LogP contribution in [0.4, 0.5) is 5.69 Å². The SMILES string of the molecule is CN1C(=O)C[C@@H](C(=O)O)c2ccccc21. The Labute approximate surface area is 87.1 Å². The molecule has 1 aromatic rings. The van der Waals surface area contributed by atoms with Gasteiger partial charge in [0.2, 0.25) is 5.91 Å². The van der Waals surface area contributed by atoms with Crippen LogP contribution >= 0.6 is 0 Å². The Hall–Kier alpha value is -1.84. The summed E-state index contributed by atoms with van der Waals surface area (Å²) in [7, 11) is 1.67. The van der Waals surface area contributed by atoms with Crippen LogP contribution in [0.25, 0.3) is 0 Å². The number of rotatable bonds is 1. The lowest BCUT2D eigenvalue weighted by Gasteiger charge is -2.29. The zero-order valence-electron chi connectivity index (χ0n) is 8.30. The van der Waals surface area contributed by atoms with Crippen LogP contribution in [0, 0.1) is 0 Å². The van der Waals surface area contributed by atoms with Crippen molar-refractivity contribution in [2.75, 3.05) is 11.9 Å². The monoisotopic (exact) mass is 205 g/mol. The molecule has 78 valence electrons.